The lowest BCUT2D eigenvalue weighted by Crippen LogP contribution is -2.38. The predicted molar refractivity (Wildman–Crippen MR) is 116 cm³/mol. The maximum atomic E-state index is 13.3. The highest BCUT2D eigenvalue weighted by Crippen LogP contribution is 2.34. The van der Waals surface area contributed by atoms with Gasteiger partial charge in [0.2, 0.25) is 0 Å². The van der Waals surface area contributed by atoms with Crippen molar-refractivity contribution in [3.05, 3.63) is 71.3 Å². The minimum absolute atomic E-state index is 0.0378. The van der Waals surface area contributed by atoms with E-state index in [9.17, 15) is 4.79 Å². The second-order valence-electron chi connectivity index (χ2n) is 6.96. The molecule has 0 fully saturated rings. The maximum absolute atomic E-state index is 13.3. The van der Waals surface area contributed by atoms with Gasteiger partial charge < -0.3 is 29.2 Å². The summed E-state index contributed by atoms with van der Waals surface area (Å²) in [5.74, 6) is 1.79. The molecule has 1 atom stereocenters. The molecule has 2 heterocycles. The molecule has 0 saturated heterocycles. The highest BCUT2D eigenvalue weighted by atomic mass is 16.5. The summed E-state index contributed by atoms with van der Waals surface area (Å²) in [6.45, 7) is 0.751. The Labute approximate surface area is 185 Å². The summed E-state index contributed by atoms with van der Waals surface area (Å²) in [6.07, 6.45) is 1.68. The van der Waals surface area contributed by atoms with Crippen molar-refractivity contribution in [1.82, 2.24) is 14.9 Å². The van der Waals surface area contributed by atoms with Crippen LogP contribution >= 0.6 is 0 Å². The predicted octanol–water partition coefficient (Wildman–Crippen LogP) is 2.92. The number of nitrogens with one attached hydrogen (secondary N) is 1. The number of methoxy groups -OCH3 is 3. The number of nitrogens with zero attached hydrogens (tertiary/aromatic N) is 2. The number of benzene rings is 2. The van der Waals surface area contributed by atoms with E-state index in [0.29, 0.717) is 30.2 Å². The largest absolute Gasteiger partial charge is 0.497 e. The van der Waals surface area contributed by atoms with E-state index >= 15 is 0 Å². The Hall–Kier alpha value is -4.01. The number of aromatic nitrogens is 2. The molecule has 0 radical (unpaired) electrons. The second kappa shape index (κ2) is 10.3. The number of amides is 1. The molecule has 4 rings (SSSR count). The first-order valence-electron chi connectivity index (χ1n) is 9.81. The van der Waals surface area contributed by atoms with Gasteiger partial charge in [0.1, 0.15) is 5.75 Å². The van der Waals surface area contributed by atoms with E-state index in [-0.39, 0.29) is 18.3 Å². The van der Waals surface area contributed by atoms with Gasteiger partial charge in [-0.1, -0.05) is 12.1 Å². The van der Waals surface area contributed by atoms with Crippen molar-refractivity contribution in [2.75, 3.05) is 27.9 Å². The van der Waals surface area contributed by atoms with Crippen LogP contribution in [0.2, 0.25) is 0 Å². The summed E-state index contributed by atoms with van der Waals surface area (Å²) >= 11 is 0. The molecule has 9 heteroatoms. The van der Waals surface area contributed by atoms with Gasteiger partial charge >= 0.3 is 0 Å². The Balaban J connectivity index is 0.000000913. The normalized spacial score (nSPS) is 14.5. The van der Waals surface area contributed by atoms with E-state index < -0.39 is 0 Å². The summed E-state index contributed by atoms with van der Waals surface area (Å²) in [4.78, 5) is 31.2. The van der Waals surface area contributed by atoms with Crippen molar-refractivity contribution in [2.45, 2.75) is 12.5 Å². The van der Waals surface area contributed by atoms with Crippen molar-refractivity contribution in [3.8, 4) is 17.2 Å². The average molecular weight is 439 g/mol. The van der Waals surface area contributed by atoms with Crippen LogP contribution in [0.5, 0.6) is 17.2 Å². The van der Waals surface area contributed by atoms with Gasteiger partial charge in [-0.15, -0.1) is 0 Å². The van der Waals surface area contributed by atoms with Crippen LogP contribution in [0.1, 0.15) is 33.2 Å². The molecule has 9 nitrogen and oxygen atoms in total. The quantitative estimate of drug-likeness (QED) is 0.588. The molecule has 1 aromatic heterocycles. The molecule has 1 amide bonds. The Morgan fingerprint density at radius 2 is 1.88 bits per heavy atom. The minimum atomic E-state index is -0.250. The van der Waals surface area contributed by atoms with Gasteiger partial charge in [-0.05, 0) is 35.9 Å². The SMILES string of the molecule is COc1cccc(C2CN(C(=O)c3ccc(OC)c(OC)c3)Cc3[nH]cnc32)c1.O=CO. The van der Waals surface area contributed by atoms with E-state index in [1.54, 1.807) is 45.9 Å². The zero-order valence-corrected chi connectivity index (χ0v) is 18.1. The highest BCUT2D eigenvalue weighted by Gasteiger charge is 2.32. The molecule has 0 aliphatic carbocycles. The number of hydrogen-bond donors (Lipinski definition) is 2. The van der Waals surface area contributed by atoms with E-state index in [4.69, 9.17) is 24.1 Å². The minimum Gasteiger partial charge on any atom is -0.497 e. The molecule has 1 aliphatic heterocycles. The molecule has 32 heavy (non-hydrogen) atoms. The lowest BCUT2D eigenvalue weighted by atomic mass is 9.90. The van der Waals surface area contributed by atoms with E-state index in [2.05, 4.69) is 9.97 Å². The summed E-state index contributed by atoms with van der Waals surface area (Å²) in [7, 11) is 4.78. The first kappa shape index (κ1) is 22.7. The number of ether oxygens (including phenoxy) is 3. The van der Waals surface area contributed by atoms with E-state index in [1.165, 1.54) is 0 Å². The van der Waals surface area contributed by atoms with Gasteiger partial charge in [-0.25, -0.2) is 4.98 Å². The van der Waals surface area contributed by atoms with Crippen LogP contribution < -0.4 is 14.2 Å². The van der Waals surface area contributed by atoms with Crippen LogP contribution in [0.3, 0.4) is 0 Å². The molecule has 3 aromatic rings. The smallest absolute Gasteiger partial charge is 0.290 e. The zero-order valence-electron chi connectivity index (χ0n) is 18.1. The zero-order chi connectivity index (χ0) is 23.1. The molecule has 1 aliphatic rings. The van der Waals surface area contributed by atoms with Gasteiger partial charge in [0.15, 0.2) is 11.5 Å². The number of carbonyl (C=O) groups is 2. The summed E-state index contributed by atoms with van der Waals surface area (Å²) < 4.78 is 16.0. The Kier molecular flexibility index (Phi) is 7.33. The molecule has 168 valence electrons. The number of imidazole rings is 1. The number of rotatable bonds is 5. The van der Waals surface area contributed by atoms with Crippen LogP contribution in [0, 0.1) is 0 Å². The number of carboxylic acid groups (broad SMARTS) is 1. The molecule has 0 bridgehead atoms. The molecular weight excluding hydrogens is 414 g/mol. The van der Waals surface area contributed by atoms with Gasteiger partial charge in [0.05, 0.1) is 45.6 Å². The molecule has 0 spiro atoms. The van der Waals surface area contributed by atoms with Gasteiger partial charge in [-0.3, -0.25) is 9.59 Å². The fourth-order valence-electron chi connectivity index (χ4n) is 3.75. The Morgan fingerprint density at radius 3 is 2.56 bits per heavy atom. The van der Waals surface area contributed by atoms with Crippen molar-refractivity contribution in [2.24, 2.45) is 0 Å². The number of aromatic amines is 1. The molecule has 2 N–H and O–H groups in total. The van der Waals surface area contributed by atoms with Gasteiger partial charge in [-0.2, -0.15) is 0 Å². The van der Waals surface area contributed by atoms with E-state index in [0.717, 1.165) is 22.7 Å². The van der Waals surface area contributed by atoms with Crippen molar-refractivity contribution < 1.29 is 28.9 Å². The third-order valence-corrected chi connectivity index (χ3v) is 5.25. The Bertz CT molecular complexity index is 1080. The van der Waals surface area contributed by atoms with Crippen molar-refractivity contribution >= 4 is 12.4 Å². The first-order valence-corrected chi connectivity index (χ1v) is 9.81. The van der Waals surface area contributed by atoms with Crippen molar-refractivity contribution in [1.29, 1.82) is 0 Å². The standard InChI is InChI=1S/C22H23N3O4.CH2O2/c1-27-16-6-4-5-14(9-16)17-11-25(12-18-21(17)24-13-23-18)22(26)15-7-8-19(28-2)20(10-15)29-3;2-1-3/h4-10,13,17H,11-12H2,1-3H3,(H,23,24);1H,(H,2,3). The molecular formula is C23H25N3O6. The Morgan fingerprint density at radius 1 is 1.12 bits per heavy atom. The lowest BCUT2D eigenvalue weighted by molar-refractivity contribution is -0.122. The third kappa shape index (κ3) is 4.66. The average Bonchev–Trinajstić information content (AvgIpc) is 3.31. The summed E-state index contributed by atoms with van der Waals surface area (Å²) in [5.41, 5.74) is 3.52. The molecule has 0 saturated carbocycles. The van der Waals surface area contributed by atoms with Crippen LogP contribution in [-0.2, 0) is 11.3 Å². The number of carbonyl (C=O) groups excluding carboxylic acids is 1. The van der Waals surface area contributed by atoms with E-state index in [1.807, 2.05) is 29.2 Å². The number of hydrogen-bond acceptors (Lipinski definition) is 6. The molecule has 2 aromatic carbocycles. The number of H-pyrrole nitrogens is 1. The third-order valence-electron chi connectivity index (χ3n) is 5.25. The summed E-state index contributed by atoms with van der Waals surface area (Å²) in [6, 6.07) is 13.1. The second-order valence-corrected chi connectivity index (χ2v) is 6.96. The summed E-state index contributed by atoms with van der Waals surface area (Å²) in [5, 5.41) is 6.89. The first-order chi connectivity index (χ1) is 15.6. The van der Waals surface area contributed by atoms with Crippen LogP contribution in [0.4, 0.5) is 0 Å². The maximum Gasteiger partial charge on any atom is 0.290 e. The fraction of sp³-hybridized carbons (Fsp3) is 0.261. The van der Waals surface area contributed by atoms with Crippen LogP contribution in [-0.4, -0.2) is 60.2 Å². The monoisotopic (exact) mass is 439 g/mol. The number of fused-ring (bicyclic) bond motifs is 1. The van der Waals surface area contributed by atoms with Crippen LogP contribution in [0.15, 0.2) is 48.8 Å². The van der Waals surface area contributed by atoms with Gasteiger partial charge in [0.25, 0.3) is 12.4 Å². The molecule has 1 unspecified atom stereocenters. The fourth-order valence-corrected chi connectivity index (χ4v) is 3.75. The lowest BCUT2D eigenvalue weighted by Gasteiger charge is -2.32. The highest BCUT2D eigenvalue weighted by molar-refractivity contribution is 5.95. The van der Waals surface area contributed by atoms with Gasteiger partial charge in [0, 0.05) is 18.0 Å². The van der Waals surface area contributed by atoms with Crippen LogP contribution in [0.25, 0.3) is 0 Å². The topological polar surface area (TPSA) is 114 Å². The van der Waals surface area contributed by atoms with Crippen molar-refractivity contribution in [3.63, 3.8) is 0 Å².